The highest BCUT2D eigenvalue weighted by molar-refractivity contribution is 5.94. The van der Waals surface area contributed by atoms with Crippen LogP contribution in [0.5, 0.6) is 0 Å². The highest BCUT2D eigenvalue weighted by Gasteiger charge is 2.13. The number of nitrogens with one attached hydrogen (secondary N) is 2. The van der Waals surface area contributed by atoms with E-state index >= 15 is 0 Å². The third-order valence-electron chi connectivity index (χ3n) is 3.56. The van der Waals surface area contributed by atoms with E-state index in [0.717, 1.165) is 18.5 Å². The van der Waals surface area contributed by atoms with Crippen molar-refractivity contribution in [1.82, 2.24) is 5.43 Å². The van der Waals surface area contributed by atoms with E-state index in [1.807, 2.05) is 0 Å². The maximum absolute atomic E-state index is 5.54. The molecule has 0 radical (unpaired) electrons. The smallest absolute Gasteiger partial charge is 0.210 e. The Hall–Kier alpha value is -1.59. The zero-order chi connectivity index (χ0) is 14.2. The van der Waals surface area contributed by atoms with Gasteiger partial charge in [0.15, 0.2) is 0 Å². The Labute approximate surface area is 120 Å². The standard InChI is InChI=1S/C15H24N4O/c1-20-11-5-10-17-15(19-16)18-14-9-4-7-12-6-2-3-8-13(12)14/h4,7,9H,2-3,5-6,8,10-11,16H2,1H3,(H2,17,18,19). The first kappa shape index (κ1) is 14.8. The summed E-state index contributed by atoms with van der Waals surface area (Å²) in [5.74, 6) is 6.15. The van der Waals surface area contributed by atoms with Crippen LogP contribution in [0.3, 0.4) is 0 Å². The van der Waals surface area contributed by atoms with Gasteiger partial charge in [-0.15, -0.1) is 0 Å². The van der Waals surface area contributed by atoms with Crippen LogP contribution in [0.1, 0.15) is 30.4 Å². The van der Waals surface area contributed by atoms with Crippen LogP contribution in [0, 0.1) is 0 Å². The van der Waals surface area contributed by atoms with Crippen LogP contribution in [0.2, 0.25) is 0 Å². The Morgan fingerprint density at radius 3 is 3.00 bits per heavy atom. The predicted octanol–water partition coefficient (Wildman–Crippen LogP) is 1.83. The summed E-state index contributed by atoms with van der Waals surface area (Å²) in [6.07, 6.45) is 5.71. The number of hydrogen-bond donors (Lipinski definition) is 3. The van der Waals surface area contributed by atoms with Crippen LogP contribution in [0.15, 0.2) is 23.2 Å². The van der Waals surface area contributed by atoms with Crippen molar-refractivity contribution in [1.29, 1.82) is 0 Å². The lowest BCUT2D eigenvalue weighted by Gasteiger charge is -2.20. The minimum absolute atomic E-state index is 0.611. The monoisotopic (exact) mass is 276 g/mol. The molecule has 5 nitrogen and oxygen atoms in total. The summed E-state index contributed by atoms with van der Waals surface area (Å²) >= 11 is 0. The van der Waals surface area contributed by atoms with Crippen LogP contribution < -0.4 is 16.6 Å². The van der Waals surface area contributed by atoms with Gasteiger partial charge in [0.05, 0.1) is 0 Å². The zero-order valence-electron chi connectivity index (χ0n) is 12.1. The molecule has 1 aliphatic carbocycles. The van der Waals surface area contributed by atoms with Crippen LogP contribution in [0.4, 0.5) is 5.69 Å². The third-order valence-corrected chi connectivity index (χ3v) is 3.56. The molecule has 0 aromatic heterocycles. The summed E-state index contributed by atoms with van der Waals surface area (Å²) in [4.78, 5) is 4.41. The normalized spacial score (nSPS) is 14.8. The van der Waals surface area contributed by atoms with E-state index in [1.165, 1.54) is 30.4 Å². The summed E-state index contributed by atoms with van der Waals surface area (Å²) in [6.45, 7) is 1.40. The zero-order valence-corrected chi connectivity index (χ0v) is 12.1. The molecule has 0 aliphatic heterocycles. The molecule has 0 atom stereocenters. The van der Waals surface area contributed by atoms with E-state index < -0.39 is 0 Å². The molecule has 1 aromatic rings. The average molecular weight is 276 g/mol. The second kappa shape index (κ2) is 7.87. The van der Waals surface area contributed by atoms with Crippen molar-refractivity contribution in [2.75, 3.05) is 25.6 Å². The quantitative estimate of drug-likeness (QED) is 0.252. The molecular formula is C15H24N4O. The van der Waals surface area contributed by atoms with Gasteiger partial charge in [-0.1, -0.05) is 12.1 Å². The molecule has 0 fully saturated rings. The molecule has 4 N–H and O–H groups in total. The molecule has 0 spiro atoms. The number of nitrogens with zero attached hydrogens (tertiary/aromatic N) is 1. The van der Waals surface area contributed by atoms with Gasteiger partial charge in [0.2, 0.25) is 5.96 Å². The van der Waals surface area contributed by atoms with Crippen molar-refractivity contribution in [2.45, 2.75) is 32.1 Å². The van der Waals surface area contributed by atoms with Crippen molar-refractivity contribution < 1.29 is 4.74 Å². The van der Waals surface area contributed by atoms with Crippen molar-refractivity contribution in [3.63, 3.8) is 0 Å². The molecule has 1 aromatic carbocycles. The maximum atomic E-state index is 5.54. The second-order valence-corrected chi connectivity index (χ2v) is 5.00. The fourth-order valence-electron chi connectivity index (χ4n) is 2.55. The summed E-state index contributed by atoms with van der Waals surface area (Å²) in [5, 5.41) is 3.31. The van der Waals surface area contributed by atoms with E-state index in [2.05, 4.69) is 33.9 Å². The summed E-state index contributed by atoms with van der Waals surface area (Å²) in [5.41, 5.74) is 6.59. The highest BCUT2D eigenvalue weighted by atomic mass is 16.5. The van der Waals surface area contributed by atoms with Gasteiger partial charge in [0.25, 0.3) is 0 Å². The topological polar surface area (TPSA) is 71.7 Å². The van der Waals surface area contributed by atoms with Crippen molar-refractivity contribution in [2.24, 2.45) is 10.8 Å². The number of fused-ring (bicyclic) bond motifs is 1. The van der Waals surface area contributed by atoms with Gasteiger partial charge >= 0.3 is 0 Å². The SMILES string of the molecule is COCCCN=C(NN)Nc1cccc2c1CCCC2. The molecule has 0 unspecified atom stereocenters. The number of guanidine groups is 1. The van der Waals surface area contributed by atoms with E-state index in [9.17, 15) is 0 Å². The van der Waals surface area contributed by atoms with Gasteiger partial charge < -0.3 is 10.1 Å². The minimum atomic E-state index is 0.611. The number of anilines is 1. The van der Waals surface area contributed by atoms with Crippen LogP contribution in [-0.2, 0) is 17.6 Å². The lowest BCUT2D eigenvalue weighted by atomic mass is 9.90. The van der Waals surface area contributed by atoms with Crippen molar-refractivity contribution in [3.05, 3.63) is 29.3 Å². The van der Waals surface area contributed by atoms with Crippen LogP contribution in [0.25, 0.3) is 0 Å². The first-order chi connectivity index (χ1) is 9.85. The highest BCUT2D eigenvalue weighted by Crippen LogP contribution is 2.27. The largest absolute Gasteiger partial charge is 0.385 e. The Bertz CT molecular complexity index is 459. The number of nitrogens with two attached hydrogens (primary N) is 1. The number of rotatable bonds is 5. The Morgan fingerprint density at radius 1 is 1.35 bits per heavy atom. The van der Waals surface area contributed by atoms with E-state index in [-0.39, 0.29) is 0 Å². The van der Waals surface area contributed by atoms with Crippen molar-refractivity contribution in [3.8, 4) is 0 Å². The fourth-order valence-corrected chi connectivity index (χ4v) is 2.55. The van der Waals surface area contributed by atoms with Gasteiger partial charge in [-0.05, 0) is 49.3 Å². The van der Waals surface area contributed by atoms with Crippen LogP contribution >= 0.6 is 0 Å². The van der Waals surface area contributed by atoms with E-state index in [0.29, 0.717) is 19.1 Å². The summed E-state index contributed by atoms with van der Waals surface area (Å²) in [7, 11) is 1.69. The molecule has 0 saturated carbocycles. The van der Waals surface area contributed by atoms with Gasteiger partial charge in [-0.2, -0.15) is 0 Å². The fraction of sp³-hybridized carbons (Fsp3) is 0.533. The minimum Gasteiger partial charge on any atom is -0.385 e. The number of hydrogen-bond acceptors (Lipinski definition) is 3. The molecule has 5 heteroatoms. The molecular weight excluding hydrogens is 252 g/mol. The van der Waals surface area contributed by atoms with Gasteiger partial charge in [-0.25, -0.2) is 5.84 Å². The van der Waals surface area contributed by atoms with Gasteiger partial charge in [0, 0.05) is 25.9 Å². The molecule has 0 amide bonds. The molecule has 1 aliphatic rings. The number of aryl methyl sites for hydroxylation is 1. The van der Waals surface area contributed by atoms with Gasteiger partial charge in [-0.3, -0.25) is 10.4 Å². The Balaban J connectivity index is 2.04. The molecule has 0 saturated heterocycles. The van der Waals surface area contributed by atoms with Crippen LogP contribution in [-0.4, -0.2) is 26.2 Å². The van der Waals surface area contributed by atoms with Gasteiger partial charge in [0.1, 0.15) is 0 Å². The molecule has 2 rings (SSSR count). The predicted molar refractivity (Wildman–Crippen MR) is 82.8 cm³/mol. The number of aliphatic imine (C=N–C) groups is 1. The third kappa shape index (κ3) is 3.95. The Kier molecular flexibility index (Phi) is 5.83. The molecule has 110 valence electrons. The molecule has 0 bridgehead atoms. The van der Waals surface area contributed by atoms with E-state index in [4.69, 9.17) is 10.6 Å². The molecule has 20 heavy (non-hydrogen) atoms. The molecule has 0 heterocycles. The first-order valence-electron chi connectivity index (χ1n) is 7.23. The lowest BCUT2D eigenvalue weighted by Crippen LogP contribution is -2.36. The average Bonchev–Trinajstić information content (AvgIpc) is 2.50. The summed E-state index contributed by atoms with van der Waals surface area (Å²) in [6, 6.07) is 6.39. The number of hydrazine groups is 1. The maximum Gasteiger partial charge on any atom is 0.210 e. The van der Waals surface area contributed by atoms with E-state index in [1.54, 1.807) is 7.11 Å². The first-order valence-corrected chi connectivity index (χ1v) is 7.23. The number of ether oxygens (including phenoxy) is 1. The second-order valence-electron chi connectivity index (χ2n) is 5.00. The lowest BCUT2D eigenvalue weighted by molar-refractivity contribution is 0.197. The number of benzene rings is 1. The summed E-state index contributed by atoms with van der Waals surface area (Å²) < 4.78 is 5.01. The Morgan fingerprint density at radius 2 is 2.20 bits per heavy atom. The van der Waals surface area contributed by atoms with Crippen molar-refractivity contribution >= 4 is 11.6 Å². The number of methoxy groups -OCH3 is 1.